The van der Waals surface area contributed by atoms with Crippen molar-refractivity contribution in [3.8, 4) is 0 Å². The normalized spacial score (nSPS) is 21.2. The van der Waals surface area contributed by atoms with Crippen LogP contribution >= 0.6 is 0 Å². The largest absolute Gasteiger partial charge is 0.376 e. The van der Waals surface area contributed by atoms with Crippen LogP contribution in [0.5, 0.6) is 0 Å². The van der Waals surface area contributed by atoms with E-state index in [1.54, 1.807) is 0 Å². The first-order valence-electron chi connectivity index (χ1n) is 3.57. The van der Waals surface area contributed by atoms with Crippen molar-refractivity contribution in [3.63, 3.8) is 0 Å². The van der Waals surface area contributed by atoms with E-state index < -0.39 is 0 Å². The van der Waals surface area contributed by atoms with Gasteiger partial charge in [-0.25, -0.2) is 5.43 Å². The van der Waals surface area contributed by atoms with E-state index in [0.29, 0.717) is 13.2 Å². The number of rotatable bonds is 2. The maximum absolute atomic E-state index is 5.41. The first kappa shape index (κ1) is 6.84. The number of aromatic amines is 1. The molecule has 0 bridgehead atoms. The van der Waals surface area contributed by atoms with Gasteiger partial charge >= 0.3 is 0 Å². The quantitative estimate of drug-likeness (QED) is 0.404. The summed E-state index contributed by atoms with van der Waals surface area (Å²) in [6.45, 7) is 1.29. The Bertz CT molecular complexity index is 222. The fourth-order valence-electron chi connectivity index (χ4n) is 1.25. The van der Waals surface area contributed by atoms with Crippen molar-refractivity contribution in [1.82, 2.24) is 10.4 Å². The van der Waals surface area contributed by atoms with Gasteiger partial charge in [0, 0.05) is 11.9 Å². The molecule has 1 aliphatic heterocycles. The molecular weight excluding hydrogens is 142 g/mol. The Kier molecular flexibility index (Phi) is 1.45. The van der Waals surface area contributed by atoms with Crippen LogP contribution in [-0.4, -0.2) is 18.2 Å². The lowest BCUT2D eigenvalue weighted by Gasteiger charge is -2.39. The zero-order chi connectivity index (χ0) is 7.73. The monoisotopic (exact) mass is 153 g/mol. The van der Waals surface area contributed by atoms with Crippen LogP contribution in [0.1, 0.15) is 5.69 Å². The number of hydrogen-bond acceptors (Lipinski definition) is 3. The van der Waals surface area contributed by atoms with E-state index in [-0.39, 0.29) is 5.54 Å². The van der Waals surface area contributed by atoms with Gasteiger partial charge in [0.1, 0.15) is 5.54 Å². The molecule has 4 N–H and O–H groups in total. The molecule has 0 amide bonds. The summed E-state index contributed by atoms with van der Waals surface area (Å²) in [5, 5.41) is 0. The number of nitrogens with one attached hydrogen (secondary N) is 2. The number of hydrazine groups is 1. The minimum atomic E-state index is -0.163. The van der Waals surface area contributed by atoms with Crippen molar-refractivity contribution in [1.29, 1.82) is 0 Å². The van der Waals surface area contributed by atoms with Crippen LogP contribution in [0.15, 0.2) is 18.3 Å². The molecule has 11 heavy (non-hydrogen) atoms. The molecule has 1 aromatic heterocycles. The van der Waals surface area contributed by atoms with E-state index in [4.69, 9.17) is 10.6 Å². The highest BCUT2D eigenvalue weighted by molar-refractivity contribution is 5.19. The smallest absolute Gasteiger partial charge is 0.118 e. The summed E-state index contributed by atoms with van der Waals surface area (Å²) in [6, 6.07) is 3.95. The molecule has 1 saturated heterocycles. The van der Waals surface area contributed by atoms with Gasteiger partial charge in [-0.15, -0.1) is 0 Å². The van der Waals surface area contributed by atoms with Crippen LogP contribution in [0, 0.1) is 0 Å². The first-order valence-corrected chi connectivity index (χ1v) is 3.57. The van der Waals surface area contributed by atoms with Crippen LogP contribution in [0.4, 0.5) is 0 Å². The molecule has 4 heteroatoms. The third-order valence-corrected chi connectivity index (χ3v) is 2.09. The van der Waals surface area contributed by atoms with Crippen LogP contribution in [0.3, 0.4) is 0 Å². The maximum Gasteiger partial charge on any atom is 0.118 e. The standard InChI is InChI=1S/C7H11N3O/c8-10-7(4-11-5-7)6-2-1-3-9-6/h1-3,9-10H,4-5,8H2. The van der Waals surface area contributed by atoms with Crippen molar-refractivity contribution >= 4 is 0 Å². The molecule has 60 valence electrons. The Balaban J connectivity index is 2.25. The fourth-order valence-corrected chi connectivity index (χ4v) is 1.25. The van der Waals surface area contributed by atoms with Gasteiger partial charge in [0.25, 0.3) is 0 Å². The second-order valence-electron chi connectivity index (χ2n) is 2.80. The van der Waals surface area contributed by atoms with Crippen molar-refractivity contribution in [2.75, 3.05) is 13.2 Å². The average molecular weight is 153 g/mol. The minimum Gasteiger partial charge on any atom is -0.376 e. The van der Waals surface area contributed by atoms with E-state index in [1.807, 2.05) is 18.3 Å². The Hall–Kier alpha value is -0.840. The Morgan fingerprint density at radius 2 is 2.45 bits per heavy atom. The summed E-state index contributed by atoms with van der Waals surface area (Å²) in [6.07, 6.45) is 1.88. The van der Waals surface area contributed by atoms with Crippen molar-refractivity contribution in [2.24, 2.45) is 5.84 Å². The second-order valence-corrected chi connectivity index (χ2v) is 2.80. The molecule has 0 saturated carbocycles. The minimum absolute atomic E-state index is 0.163. The van der Waals surface area contributed by atoms with Gasteiger partial charge in [-0.05, 0) is 12.1 Å². The summed E-state index contributed by atoms with van der Waals surface area (Å²) in [5.74, 6) is 5.41. The van der Waals surface area contributed by atoms with E-state index in [9.17, 15) is 0 Å². The molecule has 1 fully saturated rings. The second kappa shape index (κ2) is 2.34. The van der Waals surface area contributed by atoms with Crippen LogP contribution in [0.2, 0.25) is 0 Å². The van der Waals surface area contributed by atoms with Crippen LogP contribution < -0.4 is 11.3 Å². The molecule has 4 nitrogen and oxygen atoms in total. The molecule has 2 rings (SSSR count). The summed E-state index contributed by atoms with van der Waals surface area (Å²) in [7, 11) is 0. The van der Waals surface area contributed by atoms with Gasteiger partial charge in [-0.3, -0.25) is 5.84 Å². The third-order valence-electron chi connectivity index (χ3n) is 2.09. The highest BCUT2D eigenvalue weighted by Crippen LogP contribution is 2.26. The van der Waals surface area contributed by atoms with Crippen molar-refractivity contribution in [3.05, 3.63) is 24.0 Å². The van der Waals surface area contributed by atoms with E-state index in [1.165, 1.54) is 0 Å². The van der Waals surface area contributed by atoms with E-state index in [2.05, 4.69) is 10.4 Å². The maximum atomic E-state index is 5.41. The highest BCUT2D eigenvalue weighted by Gasteiger charge is 2.40. The van der Waals surface area contributed by atoms with Crippen molar-refractivity contribution < 1.29 is 4.74 Å². The molecule has 0 radical (unpaired) electrons. The molecular formula is C7H11N3O. The molecule has 0 atom stereocenters. The lowest BCUT2D eigenvalue weighted by molar-refractivity contribution is -0.0806. The van der Waals surface area contributed by atoms with Crippen molar-refractivity contribution in [2.45, 2.75) is 5.54 Å². The molecule has 0 unspecified atom stereocenters. The number of aromatic nitrogens is 1. The Labute approximate surface area is 64.7 Å². The van der Waals surface area contributed by atoms with Gasteiger partial charge in [-0.1, -0.05) is 0 Å². The van der Waals surface area contributed by atoms with Gasteiger partial charge < -0.3 is 9.72 Å². The summed E-state index contributed by atoms with van der Waals surface area (Å²) < 4.78 is 5.09. The van der Waals surface area contributed by atoms with Gasteiger partial charge in [0.15, 0.2) is 0 Å². The average Bonchev–Trinajstić information content (AvgIpc) is 2.39. The molecule has 0 aromatic carbocycles. The zero-order valence-corrected chi connectivity index (χ0v) is 6.13. The van der Waals surface area contributed by atoms with E-state index in [0.717, 1.165) is 5.69 Å². The Morgan fingerprint density at radius 3 is 2.82 bits per heavy atom. The molecule has 2 heterocycles. The number of nitrogens with two attached hydrogens (primary N) is 1. The fraction of sp³-hybridized carbons (Fsp3) is 0.429. The molecule has 1 aliphatic rings. The molecule has 0 spiro atoms. The highest BCUT2D eigenvalue weighted by atomic mass is 16.5. The van der Waals surface area contributed by atoms with E-state index >= 15 is 0 Å². The number of ether oxygens (including phenoxy) is 1. The predicted molar refractivity (Wildman–Crippen MR) is 40.6 cm³/mol. The SMILES string of the molecule is NNC1(c2ccc[nH]2)COC1. The number of hydrogen-bond donors (Lipinski definition) is 3. The van der Waals surface area contributed by atoms with Gasteiger partial charge in [-0.2, -0.15) is 0 Å². The lowest BCUT2D eigenvalue weighted by Crippen LogP contribution is -2.60. The number of H-pyrrole nitrogens is 1. The summed E-state index contributed by atoms with van der Waals surface area (Å²) in [4.78, 5) is 3.11. The third kappa shape index (κ3) is 0.875. The van der Waals surface area contributed by atoms with Crippen LogP contribution in [-0.2, 0) is 10.3 Å². The van der Waals surface area contributed by atoms with Crippen LogP contribution in [0.25, 0.3) is 0 Å². The lowest BCUT2D eigenvalue weighted by atomic mass is 9.94. The molecule has 0 aliphatic carbocycles. The Morgan fingerprint density at radius 1 is 1.64 bits per heavy atom. The topological polar surface area (TPSA) is 63.1 Å². The predicted octanol–water partition coefficient (Wildman–Crippen LogP) is -0.297. The van der Waals surface area contributed by atoms with Gasteiger partial charge in [0.05, 0.1) is 13.2 Å². The summed E-state index contributed by atoms with van der Waals surface area (Å²) in [5.41, 5.74) is 3.69. The molecule has 1 aromatic rings. The van der Waals surface area contributed by atoms with Gasteiger partial charge in [0.2, 0.25) is 0 Å². The zero-order valence-electron chi connectivity index (χ0n) is 6.13. The summed E-state index contributed by atoms with van der Waals surface area (Å²) >= 11 is 0. The first-order chi connectivity index (χ1) is 5.37.